The molecule has 4 N–H and O–H groups in total. The molecule has 0 aliphatic carbocycles. The Balaban J connectivity index is 1.78. The van der Waals surface area contributed by atoms with Crippen molar-refractivity contribution in [1.29, 1.82) is 0 Å². The van der Waals surface area contributed by atoms with E-state index in [1.807, 2.05) is 5.43 Å². The minimum absolute atomic E-state index is 0.0569. The number of sulfonamides is 1. The Labute approximate surface area is 178 Å². The van der Waals surface area contributed by atoms with Gasteiger partial charge in [0.25, 0.3) is 10.0 Å². The van der Waals surface area contributed by atoms with Crippen LogP contribution in [0.4, 0.5) is 20.2 Å². The molecule has 0 saturated heterocycles. The molecule has 0 spiro atoms. The van der Waals surface area contributed by atoms with E-state index in [2.05, 4.69) is 25.7 Å². The Morgan fingerprint density at radius 1 is 1.17 bits per heavy atom. The number of halogens is 3. The first-order valence-electron chi connectivity index (χ1n) is 7.94. The normalized spacial score (nSPS) is 11.3. The molecule has 3 rings (SSSR count). The van der Waals surface area contributed by atoms with E-state index in [4.69, 9.17) is 23.8 Å². The standard InChI is InChI=1S/C15H12ClF2N7O3S2/c16-11-6-5-10(7-12(11)25-15(29)21-23-24-25)30(27,28)22-9-3-1-8(2-4-9)19-20-14(26)13(17)18/h1-7,13,19,22H,(H,20,26)(H,21,24,29). The van der Waals surface area contributed by atoms with E-state index >= 15 is 0 Å². The summed E-state index contributed by atoms with van der Waals surface area (Å²) in [6.45, 7) is 0. The van der Waals surface area contributed by atoms with Crippen molar-refractivity contribution in [3.63, 3.8) is 0 Å². The number of hydrazine groups is 1. The maximum atomic E-state index is 12.7. The zero-order valence-electron chi connectivity index (χ0n) is 14.6. The molecule has 3 aromatic rings. The van der Waals surface area contributed by atoms with E-state index in [9.17, 15) is 22.0 Å². The van der Waals surface area contributed by atoms with E-state index in [0.29, 0.717) is 0 Å². The number of aromatic nitrogens is 4. The maximum Gasteiger partial charge on any atom is 0.317 e. The quantitative estimate of drug-likeness (QED) is 0.304. The second-order valence-electron chi connectivity index (χ2n) is 5.63. The fraction of sp³-hybridized carbons (Fsp3) is 0.0667. The molecular weight excluding hydrogens is 464 g/mol. The third-order valence-electron chi connectivity index (χ3n) is 3.61. The van der Waals surface area contributed by atoms with Crippen molar-refractivity contribution < 1.29 is 22.0 Å². The number of benzene rings is 2. The molecule has 158 valence electrons. The molecule has 30 heavy (non-hydrogen) atoms. The minimum Gasteiger partial charge on any atom is -0.298 e. The molecular formula is C15H12ClF2N7O3S2. The molecule has 1 heterocycles. The number of H-pyrrole nitrogens is 1. The van der Waals surface area contributed by atoms with Crippen LogP contribution in [0, 0.1) is 4.77 Å². The molecule has 0 atom stereocenters. The highest BCUT2D eigenvalue weighted by molar-refractivity contribution is 7.92. The lowest BCUT2D eigenvalue weighted by Gasteiger charge is -2.12. The lowest BCUT2D eigenvalue weighted by molar-refractivity contribution is -0.131. The van der Waals surface area contributed by atoms with Crippen LogP contribution in [0.15, 0.2) is 47.4 Å². The number of rotatable bonds is 7. The number of hydrogen-bond acceptors (Lipinski definition) is 7. The summed E-state index contributed by atoms with van der Waals surface area (Å²) in [5.74, 6) is -1.49. The van der Waals surface area contributed by atoms with E-state index in [0.717, 1.165) is 0 Å². The first kappa shape index (κ1) is 21.6. The van der Waals surface area contributed by atoms with E-state index in [-0.39, 0.29) is 31.8 Å². The van der Waals surface area contributed by atoms with E-state index in [1.165, 1.54) is 47.1 Å². The summed E-state index contributed by atoms with van der Waals surface area (Å²) in [5.41, 5.74) is 4.79. The van der Waals surface area contributed by atoms with E-state index < -0.39 is 22.4 Å². The van der Waals surface area contributed by atoms with Gasteiger partial charge >= 0.3 is 12.3 Å². The fourth-order valence-electron chi connectivity index (χ4n) is 2.21. The predicted octanol–water partition coefficient (Wildman–Crippen LogP) is 2.49. The molecule has 0 radical (unpaired) electrons. The molecule has 10 nitrogen and oxygen atoms in total. The zero-order valence-corrected chi connectivity index (χ0v) is 17.0. The predicted molar refractivity (Wildman–Crippen MR) is 107 cm³/mol. The van der Waals surface area contributed by atoms with Gasteiger partial charge in [-0.3, -0.25) is 20.4 Å². The lowest BCUT2D eigenvalue weighted by Crippen LogP contribution is -2.34. The Hall–Kier alpha value is -3.10. The summed E-state index contributed by atoms with van der Waals surface area (Å²) in [6, 6.07) is 9.49. The smallest absolute Gasteiger partial charge is 0.298 e. The molecule has 0 fully saturated rings. The average molecular weight is 476 g/mol. The molecule has 0 saturated carbocycles. The topological polar surface area (TPSA) is 134 Å². The lowest BCUT2D eigenvalue weighted by atomic mass is 10.3. The number of nitrogens with one attached hydrogen (secondary N) is 4. The SMILES string of the molecule is O=C(NNc1ccc(NS(=O)(=O)c2ccc(Cl)c(-n3[nH]nnc3=S)c2)cc1)C(F)F. The summed E-state index contributed by atoms with van der Waals surface area (Å²) in [5, 5.41) is 9.85. The van der Waals surface area contributed by atoms with Gasteiger partial charge in [-0.25, -0.2) is 13.1 Å². The summed E-state index contributed by atoms with van der Waals surface area (Å²) >= 11 is 11.1. The number of amides is 1. The highest BCUT2D eigenvalue weighted by Crippen LogP contribution is 2.25. The molecule has 0 aliphatic heterocycles. The summed E-state index contributed by atoms with van der Waals surface area (Å²) in [7, 11) is -4.01. The van der Waals surface area contributed by atoms with Crippen LogP contribution in [0.3, 0.4) is 0 Å². The second-order valence-corrected chi connectivity index (χ2v) is 8.08. The summed E-state index contributed by atoms with van der Waals surface area (Å²) < 4.78 is 53.4. The molecule has 0 aliphatic rings. The Morgan fingerprint density at radius 2 is 1.83 bits per heavy atom. The Kier molecular flexibility index (Phi) is 6.28. The number of hydrogen-bond donors (Lipinski definition) is 4. The van der Waals surface area contributed by atoms with Crippen molar-refractivity contribution >= 4 is 51.1 Å². The van der Waals surface area contributed by atoms with Crippen molar-refractivity contribution in [2.75, 3.05) is 10.1 Å². The van der Waals surface area contributed by atoms with Gasteiger partial charge in [0, 0.05) is 5.69 Å². The Bertz CT molecular complexity index is 1230. The number of carbonyl (C=O) groups is 1. The first-order valence-corrected chi connectivity index (χ1v) is 10.2. The van der Waals surface area contributed by atoms with Gasteiger partial charge < -0.3 is 0 Å². The molecule has 0 unspecified atom stereocenters. The third kappa shape index (κ3) is 4.90. The van der Waals surface area contributed by atoms with Gasteiger partial charge in [0.15, 0.2) is 0 Å². The number of tetrazole rings is 1. The van der Waals surface area contributed by atoms with Crippen LogP contribution in [-0.2, 0) is 14.8 Å². The highest BCUT2D eigenvalue weighted by Gasteiger charge is 2.18. The number of alkyl halides is 2. The van der Waals surface area contributed by atoms with Gasteiger partial charge in [-0.15, -0.1) is 0 Å². The van der Waals surface area contributed by atoms with Crippen LogP contribution >= 0.6 is 23.8 Å². The summed E-state index contributed by atoms with van der Waals surface area (Å²) in [4.78, 5) is 10.7. The number of carbonyl (C=O) groups excluding carboxylic acids is 1. The maximum absolute atomic E-state index is 12.7. The van der Waals surface area contributed by atoms with Gasteiger partial charge in [0.2, 0.25) is 4.77 Å². The van der Waals surface area contributed by atoms with Gasteiger partial charge in [0.05, 0.1) is 21.3 Å². The number of nitrogens with zero attached hydrogens (tertiary/aromatic N) is 3. The van der Waals surface area contributed by atoms with Crippen LogP contribution in [0.5, 0.6) is 0 Å². The van der Waals surface area contributed by atoms with Crippen molar-refractivity contribution in [3.05, 3.63) is 52.3 Å². The Morgan fingerprint density at radius 3 is 2.43 bits per heavy atom. The average Bonchev–Trinajstić information content (AvgIpc) is 3.12. The summed E-state index contributed by atoms with van der Waals surface area (Å²) in [6.07, 6.45) is -3.17. The van der Waals surface area contributed by atoms with Crippen LogP contribution < -0.4 is 15.6 Å². The molecule has 1 aromatic heterocycles. The van der Waals surface area contributed by atoms with Crippen molar-refractivity contribution in [2.45, 2.75) is 11.3 Å². The van der Waals surface area contributed by atoms with Gasteiger partial charge in [-0.2, -0.15) is 14.0 Å². The number of aromatic amines is 1. The van der Waals surface area contributed by atoms with Crippen molar-refractivity contribution in [2.24, 2.45) is 0 Å². The molecule has 1 amide bonds. The van der Waals surface area contributed by atoms with Crippen LogP contribution in [0.2, 0.25) is 5.02 Å². The van der Waals surface area contributed by atoms with Gasteiger partial charge in [-0.1, -0.05) is 21.9 Å². The molecule has 0 bridgehead atoms. The van der Waals surface area contributed by atoms with E-state index in [1.54, 1.807) is 0 Å². The fourth-order valence-corrected chi connectivity index (χ4v) is 3.67. The molecule has 2 aromatic carbocycles. The van der Waals surface area contributed by atoms with Crippen LogP contribution in [-0.4, -0.2) is 41.0 Å². The zero-order chi connectivity index (χ0) is 21.9. The largest absolute Gasteiger partial charge is 0.317 e. The van der Waals surface area contributed by atoms with Crippen LogP contribution in [0.25, 0.3) is 5.69 Å². The van der Waals surface area contributed by atoms with Gasteiger partial charge in [-0.05, 0) is 54.7 Å². The van der Waals surface area contributed by atoms with Crippen molar-refractivity contribution in [1.82, 2.24) is 25.6 Å². The first-order chi connectivity index (χ1) is 14.2. The minimum atomic E-state index is -4.01. The highest BCUT2D eigenvalue weighted by atomic mass is 35.5. The van der Waals surface area contributed by atoms with Gasteiger partial charge in [0.1, 0.15) is 0 Å². The number of anilines is 2. The van der Waals surface area contributed by atoms with Crippen molar-refractivity contribution in [3.8, 4) is 5.69 Å². The second kappa shape index (κ2) is 8.73. The molecule has 15 heteroatoms. The third-order valence-corrected chi connectivity index (χ3v) is 5.57. The monoisotopic (exact) mass is 475 g/mol. The van der Waals surface area contributed by atoms with Crippen LogP contribution in [0.1, 0.15) is 0 Å².